The molecule has 82 valence electrons. The fourth-order valence-electron chi connectivity index (χ4n) is 1.35. The van der Waals surface area contributed by atoms with Crippen LogP contribution in [0.25, 0.3) is 0 Å². The topological polar surface area (TPSA) is 24.1 Å². The molecule has 15 heavy (non-hydrogen) atoms. The third-order valence-electron chi connectivity index (χ3n) is 2.03. The van der Waals surface area contributed by atoms with Crippen LogP contribution < -0.4 is 10.6 Å². The molecule has 0 radical (unpaired) electrons. The second-order valence-corrected chi connectivity index (χ2v) is 4.61. The summed E-state index contributed by atoms with van der Waals surface area (Å²) in [6.07, 6.45) is 0. The van der Waals surface area contributed by atoms with E-state index in [-0.39, 0.29) is 0 Å². The highest BCUT2D eigenvalue weighted by Crippen LogP contribution is 2.24. The molecule has 0 aliphatic carbocycles. The summed E-state index contributed by atoms with van der Waals surface area (Å²) in [5.74, 6) is 0. The number of benzene rings is 1. The summed E-state index contributed by atoms with van der Waals surface area (Å²) in [4.78, 5) is 0. The van der Waals surface area contributed by atoms with Crippen molar-refractivity contribution < 1.29 is 0 Å². The quantitative estimate of drug-likeness (QED) is 0.815. The number of halogens is 1. The Hall–Kier alpha value is -0.610. The van der Waals surface area contributed by atoms with Gasteiger partial charge in [-0.15, -0.1) is 0 Å². The Morgan fingerprint density at radius 1 is 1.33 bits per heavy atom. The van der Waals surface area contributed by atoms with E-state index in [1.165, 1.54) is 11.1 Å². The van der Waals surface area contributed by atoms with E-state index >= 15 is 0 Å². The van der Waals surface area contributed by atoms with Crippen molar-refractivity contribution >= 4 is 38.9 Å². The Bertz CT molecular complexity index is 354. The zero-order valence-electron chi connectivity index (χ0n) is 9.15. The zero-order valence-corrected chi connectivity index (χ0v) is 11.6. The lowest BCUT2D eigenvalue weighted by Crippen LogP contribution is -2.27. The second-order valence-electron chi connectivity index (χ2n) is 3.41. The standard InChI is InChI=1S/C11H15BrN2S/c1-4-13-11(15)14-9-5-7(2)10(12)8(3)6-9/h5-6H,4H2,1-3H3,(H2,13,14,15). The minimum absolute atomic E-state index is 0.665. The van der Waals surface area contributed by atoms with Gasteiger partial charge in [-0.05, 0) is 56.2 Å². The van der Waals surface area contributed by atoms with Crippen LogP contribution in [0.4, 0.5) is 5.69 Å². The van der Waals surface area contributed by atoms with E-state index in [4.69, 9.17) is 12.2 Å². The van der Waals surface area contributed by atoms with Crippen molar-refractivity contribution in [1.29, 1.82) is 0 Å². The predicted octanol–water partition coefficient (Wildman–Crippen LogP) is 3.37. The van der Waals surface area contributed by atoms with Gasteiger partial charge in [0, 0.05) is 16.7 Å². The van der Waals surface area contributed by atoms with Crippen molar-refractivity contribution in [3.8, 4) is 0 Å². The van der Waals surface area contributed by atoms with E-state index in [1.807, 2.05) is 6.92 Å². The lowest BCUT2D eigenvalue weighted by Gasteiger charge is -2.11. The van der Waals surface area contributed by atoms with E-state index in [2.05, 4.69) is 52.5 Å². The molecule has 2 N–H and O–H groups in total. The number of hydrogen-bond donors (Lipinski definition) is 2. The van der Waals surface area contributed by atoms with Crippen LogP contribution in [0.1, 0.15) is 18.1 Å². The number of anilines is 1. The van der Waals surface area contributed by atoms with Crippen LogP contribution in [0.2, 0.25) is 0 Å². The molecule has 1 aromatic carbocycles. The maximum atomic E-state index is 5.12. The first-order valence-electron chi connectivity index (χ1n) is 4.86. The summed E-state index contributed by atoms with van der Waals surface area (Å²) in [7, 11) is 0. The van der Waals surface area contributed by atoms with Crippen molar-refractivity contribution in [2.45, 2.75) is 20.8 Å². The average Bonchev–Trinajstić information content (AvgIpc) is 2.14. The van der Waals surface area contributed by atoms with Crippen LogP contribution in [0.3, 0.4) is 0 Å². The largest absolute Gasteiger partial charge is 0.363 e. The minimum atomic E-state index is 0.665. The zero-order chi connectivity index (χ0) is 11.4. The molecule has 0 saturated carbocycles. The molecule has 0 heterocycles. The normalized spacial score (nSPS) is 9.87. The maximum absolute atomic E-state index is 5.12. The molecular weight excluding hydrogens is 272 g/mol. The van der Waals surface area contributed by atoms with E-state index < -0.39 is 0 Å². The molecule has 2 nitrogen and oxygen atoms in total. The smallest absolute Gasteiger partial charge is 0.170 e. The van der Waals surface area contributed by atoms with Crippen molar-refractivity contribution in [3.63, 3.8) is 0 Å². The van der Waals surface area contributed by atoms with E-state index in [0.717, 1.165) is 16.7 Å². The molecule has 0 fully saturated rings. The van der Waals surface area contributed by atoms with Gasteiger partial charge in [-0.1, -0.05) is 15.9 Å². The molecule has 1 rings (SSSR count). The number of hydrogen-bond acceptors (Lipinski definition) is 1. The van der Waals surface area contributed by atoms with E-state index in [1.54, 1.807) is 0 Å². The van der Waals surface area contributed by atoms with Crippen LogP contribution in [0, 0.1) is 13.8 Å². The highest BCUT2D eigenvalue weighted by atomic mass is 79.9. The fraction of sp³-hybridized carbons (Fsp3) is 0.364. The highest BCUT2D eigenvalue weighted by molar-refractivity contribution is 9.10. The molecule has 0 unspecified atom stereocenters. The van der Waals surface area contributed by atoms with Gasteiger partial charge in [0.2, 0.25) is 0 Å². The molecular formula is C11H15BrN2S. The van der Waals surface area contributed by atoms with Crippen molar-refractivity contribution in [2.24, 2.45) is 0 Å². The summed E-state index contributed by atoms with van der Waals surface area (Å²) in [5.41, 5.74) is 3.44. The minimum Gasteiger partial charge on any atom is -0.363 e. The van der Waals surface area contributed by atoms with Gasteiger partial charge in [-0.3, -0.25) is 0 Å². The van der Waals surface area contributed by atoms with Crippen LogP contribution in [-0.2, 0) is 0 Å². The van der Waals surface area contributed by atoms with Crippen molar-refractivity contribution in [3.05, 3.63) is 27.7 Å². The molecule has 0 aromatic heterocycles. The van der Waals surface area contributed by atoms with Gasteiger partial charge in [-0.2, -0.15) is 0 Å². The first-order chi connectivity index (χ1) is 7.04. The fourth-order valence-corrected chi connectivity index (χ4v) is 1.85. The Morgan fingerprint density at radius 3 is 2.33 bits per heavy atom. The van der Waals surface area contributed by atoms with Gasteiger partial charge in [-0.25, -0.2) is 0 Å². The summed E-state index contributed by atoms with van der Waals surface area (Å²) < 4.78 is 1.16. The third kappa shape index (κ3) is 3.47. The highest BCUT2D eigenvalue weighted by Gasteiger charge is 2.03. The summed E-state index contributed by atoms with van der Waals surface area (Å²) in [5, 5.41) is 6.87. The van der Waals surface area contributed by atoms with Crippen LogP contribution in [-0.4, -0.2) is 11.7 Å². The van der Waals surface area contributed by atoms with Gasteiger partial charge in [0.1, 0.15) is 0 Å². The molecule has 0 amide bonds. The van der Waals surface area contributed by atoms with E-state index in [0.29, 0.717) is 5.11 Å². The molecule has 0 aliphatic heterocycles. The molecule has 0 atom stereocenters. The lowest BCUT2D eigenvalue weighted by molar-refractivity contribution is 0.979. The predicted molar refractivity (Wildman–Crippen MR) is 73.5 cm³/mol. The van der Waals surface area contributed by atoms with Crippen LogP contribution >= 0.6 is 28.1 Å². The Morgan fingerprint density at radius 2 is 1.87 bits per heavy atom. The Balaban J connectivity index is 2.83. The summed E-state index contributed by atoms with van der Waals surface area (Å²) in [6, 6.07) is 4.14. The summed E-state index contributed by atoms with van der Waals surface area (Å²) in [6.45, 7) is 6.99. The van der Waals surface area contributed by atoms with Gasteiger partial charge in [0.05, 0.1) is 0 Å². The van der Waals surface area contributed by atoms with Crippen LogP contribution in [0.5, 0.6) is 0 Å². The molecule has 0 spiro atoms. The van der Waals surface area contributed by atoms with Gasteiger partial charge < -0.3 is 10.6 Å². The monoisotopic (exact) mass is 286 g/mol. The number of thiocarbonyl (C=S) groups is 1. The molecule has 0 bridgehead atoms. The van der Waals surface area contributed by atoms with E-state index in [9.17, 15) is 0 Å². The van der Waals surface area contributed by atoms with Gasteiger partial charge in [0.25, 0.3) is 0 Å². The average molecular weight is 287 g/mol. The number of rotatable bonds is 2. The van der Waals surface area contributed by atoms with Gasteiger partial charge >= 0.3 is 0 Å². The molecule has 1 aromatic rings. The molecule has 4 heteroatoms. The van der Waals surface area contributed by atoms with Crippen molar-refractivity contribution in [1.82, 2.24) is 5.32 Å². The lowest BCUT2D eigenvalue weighted by atomic mass is 10.1. The third-order valence-corrected chi connectivity index (χ3v) is 3.53. The summed E-state index contributed by atoms with van der Waals surface area (Å²) >= 11 is 8.65. The number of aryl methyl sites for hydroxylation is 2. The Kier molecular flexibility index (Phi) is 4.54. The molecule has 0 saturated heterocycles. The SMILES string of the molecule is CCNC(=S)Nc1cc(C)c(Br)c(C)c1. The second kappa shape index (κ2) is 5.47. The molecule has 0 aliphatic rings. The maximum Gasteiger partial charge on any atom is 0.170 e. The first-order valence-corrected chi connectivity index (χ1v) is 6.06. The van der Waals surface area contributed by atoms with Gasteiger partial charge in [0.15, 0.2) is 5.11 Å². The van der Waals surface area contributed by atoms with Crippen molar-refractivity contribution in [2.75, 3.05) is 11.9 Å². The Labute approximate surface area is 105 Å². The van der Waals surface area contributed by atoms with Crippen LogP contribution in [0.15, 0.2) is 16.6 Å². The number of nitrogens with one attached hydrogen (secondary N) is 2. The first kappa shape index (κ1) is 12.5.